The van der Waals surface area contributed by atoms with Crippen molar-refractivity contribution in [3.05, 3.63) is 46.3 Å². The molecule has 5 nitrogen and oxygen atoms in total. The maximum absolute atomic E-state index is 13.1. The highest BCUT2D eigenvalue weighted by Crippen LogP contribution is 2.50. The van der Waals surface area contributed by atoms with Crippen molar-refractivity contribution in [3.8, 4) is 0 Å². The van der Waals surface area contributed by atoms with Gasteiger partial charge in [-0.15, -0.1) is 0 Å². The maximum Gasteiger partial charge on any atom is 0.203 e. The number of ketones is 1. The smallest absolute Gasteiger partial charge is 0.203 e. The van der Waals surface area contributed by atoms with Gasteiger partial charge in [0.25, 0.3) is 0 Å². The van der Waals surface area contributed by atoms with Crippen molar-refractivity contribution in [1.82, 2.24) is 0 Å². The van der Waals surface area contributed by atoms with Gasteiger partial charge in [-0.1, -0.05) is 37.6 Å². The molecule has 0 aliphatic heterocycles. The van der Waals surface area contributed by atoms with E-state index in [1.807, 2.05) is 39.8 Å². The van der Waals surface area contributed by atoms with Gasteiger partial charge in [-0.25, -0.2) is 0 Å². The maximum atomic E-state index is 13.1. The first-order valence-corrected chi connectivity index (χ1v) is 11.0. The Morgan fingerprint density at radius 1 is 1.17 bits per heavy atom. The summed E-state index contributed by atoms with van der Waals surface area (Å²) in [5.41, 5.74) is 2.78. The lowest BCUT2D eigenvalue weighted by atomic mass is 9.70. The Bertz CT molecular complexity index is 758. The van der Waals surface area contributed by atoms with Crippen LogP contribution in [-0.2, 0) is 4.79 Å². The number of carbonyl (C=O) groups excluding carboxylic acids is 1. The van der Waals surface area contributed by atoms with Crippen LogP contribution < -0.4 is 0 Å². The first-order valence-electron chi connectivity index (χ1n) is 11.0. The molecule has 0 aromatic heterocycles. The third-order valence-electron chi connectivity index (χ3n) is 6.95. The molecule has 4 N–H and O–H groups in total. The van der Waals surface area contributed by atoms with Crippen LogP contribution in [0.1, 0.15) is 66.2 Å². The molecule has 0 heterocycles. The van der Waals surface area contributed by atoms with Gasteiger partial charge in [-0.3, -0.25) is 4.79 Å². The number of aliphatic hydroxyl groups excluding tert-OH is 4. The lowest BCUT2D eigenvalue weighted by Gasteiger charge is -2.32. The number of hydrogen-bond acceptors (Lipinski definition) is 5. The molecule has 0 amide bonds. The molecule has 30 heavy (non-hydrogen) atoms. The monoisotopic (exact) mass is 418 g/mol. The van der Waals surface area contributed by atoms with Gasteiger partial charge in [0.15, 0.2) is 5.76 Å². The number of aliphatic hydroxyl groups is 4. The number of Topliss-reactive ketones (excluding diaryl/α,β-unsaturated/α-hetero) is 1. The normalized spacial score (nSPS) is 30.6. The molecule has 0 aromatic carbocycles. The predicted molar refractivity (Wildman–Crippen MR) is 119 cm³/mol. The van der Waals surface area contributed by atoms with Gasteiger partial charge in [0, 0.05) is 23.9 Å². The van der Waals surface area contributed by atoms with Crippen molar-refractivity contribution in [3.63, 3.8) is 0 Å². The Balaban J connectivity index is 2.45. The van der Waals surface area contributed by atoms with E-state index in [-0.39, 0.29) is 36.6 Å². The SMILES string of the molecule is CC1=CC[C@]2(C)C(=O)C(O)=C([C@H](C)CO)[C@H]2CC=C(C)[C@@H](O)CCC(CO)=CCC1. The third kappa shape index (κ3) is 5.32. The Kier molecular flexibility index (Phi) is 8.65. The number of allylic oxidation sites excluding steroid dienone is 5. The van der Waals surface area contributed by atoms with E-state index in [9.17, 15) is 25.2 Å². The summed E-state index contributed by atoms with van der Waals surface area (Å²) in [5.74, 6) is -0.985. The van der Waals surface area contributed by atoms with Crippen LogP contribution in [0.5, 0.6) is 0 Å². The first kappa shape index (κ1) is 24.6. The van der Waals surface area contributed by atoms with E-state index in [1.54, 1.807) is 0 Å². The molecular formula is C25H38O5. The standard InChI is InChI=1S/C25H38O5/c1-16-6-5-7-19(15-27)9-11-21(28)17(2)8-10-20-22(18(3)14-26)23(29)24(30)25(20,4)13-12-16/h7-8,12,18,20-21,26-29H,5-6,9-11,13-15H2,1-4H3/t18-,20-,21+,25+/m1/s1. The zero-order valence-electron chi connectivity index (χ0n) is 18.8. The Hall–Kier alpha value is -1.69. The van der Waals surface area contributed by atoms with Crippen molar-refractivity contribution in [2.75, 3.05) is 13.2 Å². The molecule has 2 rings (SSSR count). The first-order chi connectivity index (χ1) is 14.2. The third-order valence-corrected chi connectivity index (χ3v) is 6.95. The van der Waals surface area contributed by atoms with Crippen molar-refractivity contribution in [1.29, 1.82) is 0 Å². The average molecular weight is 419 g/mol. The molecule has 0 saturated carbocycles. The lowest BCUT2D eigenvalue weighted by Crippen LogP contribution is -2.32. The topological polar surface area (TPSA) is 98.0 Å². The average Bonchev–Trinajstić information content (AvgIpc) is 2.92. The molecule has 0 saturated heterocycles. The Morgan fingerprint density at radius 3 is 2.50 bits per heavy atom. The second kappa shape index (κ2) is 10.6. The molecule has 0 fully saturated rings. The Labute approximate surface area is 180 Å². The van der Waals surface area contributed by atoms with Gasteiger partial charge in [-0.05, 0) is 69.1 Å². The number of carbonyl (C=O) groups is 1. The van der Waals surface area contributed by atoms with Crippen LogP contribution in [0.25, 0.3) is 0 Å². The fourth-order valence-corrected chi connectivity index (χ4v) is 4.59. The van der Waals surface area contributed by atoms with E-state index in [1.165, 1.54) is 5.57 Å². The van der Waals surface area contributed by atoms with Gasteiger partial charge in [-0.2, -0.15) is 0 Å². The molecule has 0 radical (unpaired) electrons. The second-order valence-corrected chi connectivity index (χ2v) is 9.24. The van der Waals surface area contributed by atoms with Crippen LogP contribution >= 0.6 is 0 Å². The van der Waals surface area contributed by atoms with Crippen LogP contribution in [0.3, 0.4) is 0 Å². The molecule has 0 spiro atoms. The van der Waals surface area contributed by atoms with E-state index < -0.39 is 11.5 Å². The molecule has 4 atom stereocenters. The highest BCUT2D eigenvalue weighted by molar-refractivity contribution is 6.02. The molecule has 0 bridgehead atoms. The number of fused-ring (bicyclic) bond motifs is 1. The van der Waals surface area contributed by atoms with E-state index in [2.05, 4.69) is 6.08 Å². The summed E-state index contributed by atoms with van der Waals surface area (Å²) in [6.07, 6.45) is 9.30. The summed E-state index contributed by atoms with van der Waals surface area (Å²) >= 11 is 0. The summed E-state index contributed by atoms with van der Waals surface area (Å²) in [4.78, 5) is 13.1. The zero-order valence-corrected chi connectivity index (χ0v) is 18.8. The summed E-state index contributed by atoms with van der Waals surface area (Å²) < 4.78 is 0. The van der Waals surface area contributed by atoms with Crippen LogP contribution in [0.4, 0.5) is 0 Å². The molecule has 2 aliphatic rings. The van der Waals surface area contributed by atoms with Gasteiger partial charge in [0.2, 0.25) is 5.78 Å². The fourth-order valence-electron chi connectivity index (χ4n) is 4.59. The quantitative estimate of drug-likeness (QED) is 0.516. The minimum atomic E-state index is -0.780. The molecule has 2 aliphatic carbocycles. The molecule has 0 aromatic rings. The largest absolute Gasteiger partial charge is 0.504 e. The minimum Gasteiger partial charge on any atom is -0.504 e. The van der Waals surface area contributed by atoms with E-state index >= 15 is 0 Å². The summed E-state index contributed by atoms with van der Waals surface area (Å²) in [5, 5.41) is 40.5. The highest BCUT2D eigenvalue weighted by Gasteiger charge is 2.51. The number of hydrogen-bond donors (Lipinski definition) is 4. The highest BCUT2D eigenvalue weighted by atomic mass is 16.3. The van der Waals surface area contributed by atoms with Crippen LogP contribution in [0.2, 0.25) is 0 Å². The lowest BCUT2D eigenvalue weighted by molar-refractivity contribution is -0.126. The van der Waals surface area contributed by atoms with Gasteiger partial charge in [0.05, 0.1) is 12.7 Å². The molecule has 5 heteroatoms. The van der Waals surface area contributed by atoms with Crippen molar-refractivity contribution < 1.29 is 25.2 Å². The van der Waals surface area contributed by atoms with Crippen LogP contribution in [-0.4, -0.2) is 45.5 Å². The van der Waals surface area contributed by atoms with Crippen molar-refractivity contribution in [2.24, 2.45) is 17.3 Å². The van der Waals surface area contributed by atoms with Gasteiger partial charge in [0.1, 0.15) is 0 Å². The minimum absolute atomic E-state index is 0.000624. The van der Waals surface area contributed by atoms with Crippen molar-refractivity contribution in [2.45, 2.75) is 72.3 Å². The number of rotatable bonds is 3. The van der Waals surface area contributed by atoms with Crippen LogP contribution in [0.15, 0.2) is 46.3 Å². The summed E-state index contributed by atoms with van der Waals surface area (Å²) in [7, 11) is 0. The summed E-state index contributed by atoms with van der Waals surface area (Å²) in [6, 6.07) is 0. The summed E-state index contributed by atoms with van der Waals surface area (Å²) in [6.45, 7) is 7.52. The van der Waals surface area contributed by atoms with Gasteiger partial charge >= 0.3 is 0 Å². The second-order valence-electron chi connectivity index (χ2n) is 9.24. The molecule has 168 valence electrons. The molecular weight excluding hydrogens is 380 g/mol. The van der Waals surface area contributed by atoms with Crippen LogP contribution in [0, 0.1) is 17.3 Å². The Morgan fingerprint density at radius 2 is 1.87 bits per heavy atom. The predicted octanol–water partition coefficient (Wildman–Crippen LogP) is 4.16. The zero-order chi connectivity index (χ0) is 22.5. The van der Waals surface area contributed by atoms with Gasteiger partial charge < -0.3 is 20.4 Å². The van der Waals surface area contributed by atoms with E-state index in [0.717, 1.165) is 24.0 Å². The van der Waals surface area contributed by atoms with E-state index in [4.69, 9.17) is 0 Å². The fraction of sp³-hybridized carbons (Fsp3) is 0.640. The van der Waals surface area contributed by atoms with E-state index in [0.29, 0.717) is 31.3 Å². The molecule has 0 unspecified atom stereocenters. The van der Waals surface area contributed by atoms with Crippen molar-refractivity contribution >= 4 is 5.78 Å².